The zero-order valence-electron chi connectivity index (χ0n) is 12.4. The molecule has 1 unspecified atom stereocenters. The van der Waals surface area contributed by atoms with Gasteiger partial charge in [0.05, 0.1) is 23.9 Å². The number of nitrogens with one attached hydrogen (secondary N) is 1. The number of aromatic nitrogens is 1. The van der Waals surface area contributed by atoms with Crippen molar-refractivity contribution in [3.05, 3.63) is 23.9 Å². The second-order valence-corrected chi connectivity index (χ2v) is 8.53. The van der Waals surface area contributed by atoms with Crippen molar-refractivity contribution >= 4 is 27.5 Å². The molecule has 1 amide bonds. The van der Waals surface area contributed by atoms with Gasteiger partial charge in [-0.1, -0.05) is 6.07 Å². The molecule has 1 fully saturated rings. The Morgan fingerprint density at radius 2 is 2.36 bits per heavy atom. The summed E-state index contributed by atoms with van der Waals surface area (Å²) in [7, 11) is -2.89. The molecule has 122 valence electrons. The van der Waals surface area contributed by atoms with Crippen molar-refractivity contribution in [2.24, 2.45) is 0 Å². The van der Waals surface area contributed by atoms with E-state index in [1.165, 1.54) is 11.8 Å². The molecule has 0 aliphatic carbocycles. The summed E-state index contributed by atoms with van der Waals surface area (Å²) in [5.74, 6) is 1.10. The van der Waals surface area contributed by atoms with Crippen LogP contribution >= 0.6 is 11.8 Å². The number of nitrogens with zero attached hydrogens (tertiary/aromatic N) is 1. The highest BCUT2D eigenvalue weighted by molar-refractivity contribution is 8.02. The van der Waals surface area contributed by atoms with Crippen LogP contribution in [0.25, 0.3) is 0 Å². The van der Waals surface area contributed by atoms with Crippen LogP contribution in [-0.4, -0.2) is 48.4 Å². The van der Waals surface area contributed by atoms with Crippen molar-refractivity contribution in [1.82, 2.24) is 10.3 Å². The Hall–Kier alpha value is -1.28. The van der Waals surface area contributed by atoms with Gasteiger partial charge in [0, 0.05) is 23.6 Å². The van der Waals surface area contributed by atoms with Crippen molar-refractivity contribution in [2.45, 2.75) is 25.1 Å². The molecule has 1 aromatic rings. The Morgan fingerprint density at radius 3 is 3.05 bits per heavy atom. The number of carbonyl (C=O) groups is 1. The second kappa shape index (κ2) is 7.82. The average Bonchev–Trinajstić information content (AvgIpc) is 2.84. The van der Waals surface area contributed by atoms with E-state index in [4.69, 9.17) is 4.74 Å². The molecule has 0 aromatic carbocycles. The minimum absolute atomic E-state index is 0.0353. The third-order valence-electron chi connectivity index (χ3n) is 3.25. The first kappa shape index (κ1) is 17.1. The molecule has 1 saturated heterocycles. The average molecular weight is 344 g/mol. The second-order valence-electron chi connectivity index (χ2n) is 5.01. The van der Waals surface area contributed by atoms with Crippen LogP contribution in [0.1, 0.15) is 18.9 Å². The lowest BCUT2D eigenvalue weighted by Crippen LogP contribution is -2.26. The maximum absolute atomic E-state index is 11.9. The quantitative estimate of drug-likeness (QED) is 0.795. The van der Waals surface area contributed by atoms with Crippen molar-refractivity contribution in [1.29, 1.82) is 0 Å². The molecule has 6 nitrogen and oxygen atoms in total. The third kappa shape index (κ3) is 5.17. The van der Waals surface area contributed by atoms with E-state index < -0.39 is 9.84 Å². The van der Waals surface area contributed by atoms with E-state index in [1.54, 1.807) is 12.3 Å². The molecule has 22 heavy (non-hydrogen) atoms. The van der Waals surface area contributed by atoms with Crippen LogP contribution in [0.3, 0.4) is 0 Å². The van der Waals surface area contributed by atoms with Crippen LogP contribution in [0.4, 0.5) is 0 Å². The Bertz CT molecular complexity index is 619. The van der Waals surface area contributed by atoms with Gasteiger partial charge in [0.15, 0.2) is 9.84 Å². The van der Waals surface area contributed by atoms with E-state index in [2.05, 4.69) is 10.3 Å². The molecule has 2 rings (SSSR count). The molecule has 8 heteroatoms. The predicted molar refractivity (Wildman–Crippen MR) is 86.8 cm³/mol. The molecule has 0 radical (unpaired) electrons. The van der Waals surface area contributed by atoms with Gasteiger partial charge in [-0.2, -0.15) is 0 Å². The fourth-order valence-electron chi connectivity index (χ4n) is 2.16. The summed E-state index contributed by atoms with van der Waals surface area (Å²) in [4.78, 5) is 16.0. The van der Waals surface area contributed by atoms with Gasteiger partial charge in [0.1, 0.15) is 0 Å². The minimum atomic E-state index is -2.89. The van der Waals surface area contributed by atoms with Crippen LogP contribution in [-0.2, 0) is 21.2 Å². The van der Waals surface area contributed by atoms with Crippen LogP contribution < -0.4 is 10.1 Å². The normalized spacial score (nSPS) is 19.8. The summed E-state index contributed by atoms with van der Waals surface area (Å²) in [6.07, 6.45) is 2.28. The van der Waals surface area contributed by atoms with E-state index in [9.17, 15) is 13.2 Å². The number of pyridine rings is 1. The first-order valence-electron chi connectivity index (χ1n) is 7.15. The van der Waals surface area contributed by atoms with Gasteiger partial charge in [0.25, 0.3) is 0 Å². The van der Waals surface area contributed by atoms with Crippen molar-refractivity contribution in [2.75, 3.05) is 23.9 Å². The van der Waals surface area contributed by atoms with Crippen LogP contribution in [0.2, 0.25) is 0 Å². The smallest absolute Gasteiger partial charge is 0.230 e. The first-order valence-corrected chi connectivity index (χ1v) is 10.0. The van der Waals surface area contributed by atoms with Crippen LogP contribution in [0.5, 0.6) is 5.88 Å². The fraction of sp³-hybridized carbons (Fsp3) is 0.571. The highest BCUT2D eigenvalue weighted by atomic mass is 32.2. The topological polar surface area (TPSA) is 85.4 Å². The lowest BCUT2D eigenvalue weighted by Gasteiger charge is -2.11. The SMILES string of the molecule is CCOc1ncccc1CNC(=O)CSC1CCS(=O)(=O)C1. The van der Waals surface area contributed by atoms with Crippen molar-refractivity contribution in [3.63, 3.8) is 0 Å². The number of sulfone groups is 1. The zero-order chi connectivity index (χ0) is 16.0. The molecule has 2 heterocycles. The molecule has 1 atom stereocenters. The van der Waals surface area contributed by atoms with E-state index in [0.717, 1.165) is 5.56 Å². The number of hydrogen-bond acceptors (Lipinski definition) is 6. The van der Waals surface area contributed by atoms with Gasteiger partial charge in [-0.3, -0.25) is 4.79 Å². The van der Waals surface area contributed by atoms with Crippen molar-refractivity contribution in [3.8, 4) is 5.88 Å². The lowest BCUT2D eigenvalue weighted by atomic mass is 10.2. The Morgan fingerprint density at radius 1 is 1.55 bits per heavy atom. The molecule has 1 N–H and O–H groups in total. The maximum atomic E-state index is 11.9. The monoisotopic (exact) mass is 344 g/mol. The summed E-state index contributed by atoms with van der Waals surface area (Å²) in [6.45, 7) is 2.75. The number of ether oxygens (including phenoxy) is 1. The standard InChI is InChI=1S/C14H20N2O4S2/c1-2-20-14-11(4-3-6-15-14)8-16-13(17)9-21-12-5-7-22(18,19)10-12/h3-4,6,12H,2,5,7-10H2,1H3,(H,16,17). The number of amides is 1. The van der Waals surface area contributed by atoms with Gasteiger partial charge in [-0.05, 0) is 19.4 Å². The number of carbonyl (C=O) groups excluding carboxylic acids is 1. The van der Waals surface area contributed by atoms with Gasteiger partial charge in [-0.15, -0.1) is 11.8 Å². The van der Waals surface area contributed by atoms with E-state index in [0.29, 0.717) is 25.5 Å². The third-order valence-corrected chi connectivity index (χ3v) is 6.53. The predicted octanol–water partition coefficient (Wildman–Crippen LogP) is 1.02. The van der Waals surface area contributed by atoms with Gasteiger partial charge >= 0.3 is 0 Å². The molecular formula is C14H20N2O4S2. The first-order chi connectivity index (χ1) is 10.5. The molecular weight excluding hydrogens is 324 g/mol. The van der Waals surface area contributed by atoms with Gasteiger partial charge < -0.3 is 10.1 Å². The number of rotatable bonds is 7. The summed E-state index contributed by atoms with van der Waals surface area (Å²) in [5, 5.41) is 2.85. The van der Waals surface area contributed by atoms with E-state index >= 15 is 0 Å². The Balaban J connectivity index is 1.76. The largest absolute Gasteiger partial charge is 0.478 e. The molecule has 0 bridgehead atoms. The summed E-state index contributed by atoms with van der Waals surface area (Å²) < 4.78 is 28.1. The summed E-state index contributed by atoms with van der Waals surface area (Å²) >= 11 is 1.41. The minimum Gasteiger partial charge on any atom is -0.478 e. The molecule has 1 aromatic heterocycles. The Labute approximate surface area is 135 Å². The highest BCUT2D eigenvalue weighted by Gasteiger charge is 2.28. The van der Waals surface area contributed by atoms with E-state index in [1.807, 2.05) is 13.0 Å². The van der Waals surface area contributed by atoms with Gasteiger partial charge in [0.2, 0.25) is 11.8 Å². The zero-order valence-corrected chi connectivity index (χ0v) is 14.1. The van der Waals surface area contributed by atoms with Gasteiger partial charge in [-0.25, -0.2) is 13.4 Å². The molecule has 0 spiro atoms. The summed E-state index contributed by atoms with van der Waals surface area (Å²) in [5.41, 5.74) is 0.825. The summed E-state index contributed by atoms with van der Waals surface area (Å²) in [6, 6.07) is 3.65. The highest BCUT2D eigenvalue weighted by Crippen LogP contribution is 2.24. The fourth-order valence-corrected chi connectivity index (χ4v) is 5.63. The van der Waals surface area contributed by atoms with Crippen LogP contribution in [0.15, 0.2) is 18.3 Å². The Kier molecular flexibility index (Phi) is 6.07. The molecule has 0 saturated carbocycles. The number of thioether (sulfide) groups is 1. The maximum Gasteiger partial charge on any atom is 0.230 e. The van der Waals surface area contributed by atoms with Crippen molar-refractivity contribution < 1.29 is 17.9 Å². The van der Waals surface area contributed by atoms with E-state index in [-0.39, 0.29) is 28.4 Å². The van der Waals surface area contributed by atoms with Crippen LogP contribution in [0, 0.1) is 0 Å². The molecule has 1 aliphatic rings. The molecule has 1 aliphatic heterocycles. The lowest BCUT2D eigenvalue weighted by molar-refractivity contribution is -0.118. The number of hydrogen-bond donors (Lipinski definition) is 1.